The smallest absolute Gasteiger partial charge is 0.244 e. The van der Waals surface area contributed by atoms with Gasteiger partial charge in [-0.25, -0.2) is 4.98 Å². The summed E-state index contributed by atoms with van der Waals surface area (Å²) in [5.41, 5.74) is 3.26. The van der Waals surface area contributed by atoms with E-state index < -0.39 is 0 Å². The van der Waals surface area contributed by atoms with Gasteiger partial charge in [-0.05, 0) is 44.7 Å². The summed E-state index contributed by atoms with van der Waals surface area (Å²) >= 11 is 1.66. The number of carbonyl (C=O) groups excluding carboxylic acids is 1. The molecule has 1 aromatic carbocycles. The maximum Gasteiger partial charge on any atom is 0.244 e. The Morgan fingerprint density at radius 3 is 2.84 bits per heavy atom. The maximum atomic E-state index is 12.0. The molecule has 0 fully saturated rings. The van der Waals surface area contributed by atoms with Crippen molar-refractivity contribution in [1.29, 1.82) is 0 Å². The number of hydrogen-bond acceptors (Lipinski definition) is 3. The van der Waals surface area contributed by atoms with Crippen molar-refractivity contribution in [2.24, 2.45) is 0 Å². The third-order valence-corrected chi connectivity index (χ3v) is 4.99. The predicted octanol–water partition coefficient (Wildman–Crippen LogP) is 4.16. The summed E-state index contributed by atoms with van der Waals surface area (Å²) < 4.78 is 2.04. The van der Waals surface area contributed by atoms with Crippen LogP contribution < -0.4 is 5.32 Å². The van der Waals surface area contributed by atoms with Gasteiger partial charge in [0.2, 0.25) is 5.91 Å². The first-order chi connectivity index (χ1) is 12.1. The van der Waals surface area contributed by atoms with E-state index in [9.17, 15) is 4.79 Å². The molecule has 0 saturated carbocycles. The SMILES string of the molecule is Cc1cn2c(/C=C/C(=O)NCCCCc3ccccc3)c(C)nc2s1. The monoisotopic (exact) mass is 353 g/mol. The van der Waals surface area contributed by atoms with Gasteiger partial charge in [0.25, 0.3) is 0 Å². The van der Waals surface area contributed by atoms with Crippen molar-refractivity contribution < 1.29 is 4.79 Å². The van der Waals surface area contributed by atoms with Crippen LogP contribution >= 0.6 is 11.3 Å². The van der Waals surface area contributed by atoms with Gasteiger partial charge in [-0.1, -0.05) is 30.3 Å². The van der Waals surface area contributed by atoms with Gasteiger partial charge in [0.1, 0.15) is 0 Å². The van der Waals surface area contributed by atoms with Crippen LogP contribution in [0.25, 0.3) is 11.0 Å². The van der Waals surface area contributed by atoms with E-state index in [1.165, 1.54) is 10.4 Å². The van der Waals surface area contributed by atoms with E-state index in [4.69, 9.17) is 0 Å². The van der Waals surface area contributed by atoms with Crippen molar-refractivity contribution in [2.45, 2.75) is 33.1 Å². The van der Waals surface area contributed by atoms with E-state index in [1.807, 2.05) is 23.5 Å². The summed E-state index contributed by atoms with van der Waals surface area (Å²) in [4.78, 5) is 18.7. The van der Waals surface area contributed by atoms with Gasteiger partial charge in [0.15, 0.2) is 4.96 Å². The highest BCUT2D eigenvalue weighted by atomic mass is 32.1. The fourth-order valence-electron chi connectivity index (χ4n) is 2.81. The molecule has 1 N–H and O–H groups in total. The molecule has 0 bridgehead atoms. The van der Waals surface area contributed by atoms with Crippen molar-refractivity contribution in [2.75, 3.05) is 6.54 Å². The molecule has 3 rings (SSSR count). The highest BCUT2D eigenvalue weighted by molar-refractivity contribution is 7.17. The molecule has 0 atom stereocenters. The summed E-state index contributed by atoms with van der Waals surface area (Å²) in [6, 6.07) is 10.4. The quantitative estimate of drug-likeness (QED) is 0.512. The molecule has 130 valence electrons. The second-order valence-electron chi connectivity index (χ2n) is 6.14. The molecular weight excluding hydrogens is 330 g/mol. The molecule has 2 aromatic heterocycles. The van der Waals surface area contributed by atoms with Crippen molar-refractivity contribution in [3.63, 3.8) is 0 Å². The third kappa shape index (κ3) is 4.57. The molecule has 0 spiro atoms. The Morgan fingerprint density at radius 2 is 2.04 bits per heavy atom. The minimum atomic E-state index is -0.0546. The van der Waals surface area contributed by atoms with Crippen molar-refractivity contribution >= 4 is 28.3 Å². The lowest BCUT2D eigenvalue weighted by Gasteiger charge is -2.03. The van der Waals surface area contributed by atoms with Gasteiger partial charge >= 0.3 is 0 Å². The molecule has 0 saturated heterocycles. The number of fused-ring (bicyclic) bond motifs is 1. The van der Waals surface area contributed by atoms with E-state index in [1.54, 1.807) is 17.4 Å². The molecule has 1 amide bonds. The summed E-state index contributed by atoms with van der Waals surface area (Å²) in [7, 11) is 0. The van der Waals surface area contributed by atoms with Crippen LogP contribution in [0.3, 0.4) is 0 Å². The van der Waals surface area contributed by atoms with Crippen LogP contribution in [0.5, 0.6) is 0 Å². The summed E-state index contributed by atoms with van der Waals surface area (Å²) in [6.07, 6.45) is 8.61. The van der Waals surface area contributed by atoms with Crippen molar-refractivity contribution in [3.05, 3.63) is 64.4 Å². The van der Waals surface area contributed by atoms with Gasteiger partial charge in [0, 0.05) is 23.7 Å². The number of unbranched alkanes of at least 4 members (excludes halogenated alkanes) is 1. The largest absolute Gasteiger partial charge is 0.353 e. The first-order valence-electron chi connectivity index (χ1n) is 8.58. The Balaban J connectivity index is 1.45. The van der Waals surface area contributed by atoms with Crippen LogP contribution in [0.15, 0.2) is 42.6 Å². The summed E-state index contributed by atoms with van der Waals surface area (Å²) in [5, 5.41) is 2.95. The van der Waals surface area contributed by atoms with E-state index in [2.05, 4.69) is 47.7 Å². The molecule has 3 aromatic rings. The lowest BCUT2D eigenvalue weighted by molar-refractivity contribution is -0.116. The number of benzene rings is 1. The predicted molar refractivity (Wildman–Crippen MR) is 104 cm³/mol. The number of rotatable bonds is 7. The standard InChI is InChI=1S/C20H23N3OS/c1-15-14-23-18(16(2)22-20(23)25-15)11-12-19(24)21-13-7-6-10-17-8-4-3-5-9-17/h3-5,8-9,11-12,14H,6-7,10,13H2,1-2H3,(H,21,24)/b12-11+. The number of aryl methyl sites for hydroxylation is 3. The molecule has 2 heterocycles. The zero-order chi connectivity index (χ0) is 17.6. The Labute approximate surface area is 152 Å². The molecule has 0 radical (unpaired) electrons. The number of hydrogen-bond donors (Lipinski definition) is 1. The molecule has 5 heteroatoms. The Kier molecular flexibility index (Phi) is 5.66. The zero-order valence-electron chi connectivity index (χ0n) is 14.7. The average Bonchev–Trinajstić information content (AvgIpc) is 3.08. The summed E-state index contributed by atoms with van der Waals surface area (Å²) in [5.74, 6) is -0.0546. The average molecular weight is 353 g/mol. The van der Waals surface area contributed by atoms with Gasteiger partial charge < -0.3 is 5.32 Å². The molecule has 0 aliphatic carbocycles. The van der Waals surface area contributed by atoms with Gasteiger partial charge in [-0.3, -0.25) is 9.20 Å². The first kappa shape index (κ1) is 17.4. The molecule has 0 aliphatic rings. The lowest BCUT2D eigenvalue weighted by Crippen LogP contribution is -2.22. The van der Waals surface area contributed by atoms with Crippen LogP contribution in [0, 0.1) is 13.8 Å². The topological polar surface area (TPSA) is 46.4 Å². The van der Waals surface area contributed by atoms with Crippen molar-refractivity contribution in [1.82, 2.24) is 14.7 Å². The number of carbonyl (C=O) groups is 1. The van der Waals surface area contributed by atoms with Crippen LogP contribution in [0.4, 0.5) is 0 Å². The van der Waals surface area contributed by atoms with Crippen LogP contribution in [-0.2, 0) is 11.2 Å². The fraction of sp³-hybridized carbons (Fsp3) is 0.300. The van der Waals surface area contributed by atoms with Gasteiger partial charge in [-0.15, -0.1) is 11.3 Å². The minimum absolute atomic E-state index is 0.0546. The molecular formula is C20H23N3OS. The van der Waals surface area contributed by atoms with Gasteiger partial charge in [0.05, 0.1) is 11.4 Å². The number of amides is 1. The number of aromatic nitrogens is 2. The minimum Gasteiger partial charge on any atom is -0.353 e. The van der Waals surface area contributed by atoms with E-state index in [-0.39, 0.29) is 5.91 Å². The number of imidazole rings is 1. The second-order valence-corrected chi connectivity index (χ2v) is 7.36. The highest BCUT2D eigenvalue weighted by Gasteiger charge is 2.08. The number of thiazole rings is 1. The van der Waals surface area contributed by atoms with E-state index >= 15 is 0 Å². The van der Waals surface area contributed by atoms with E-state index in [0.717, 1.165) is 35.6 Å². The number of nitrogens with zero attached hydrogens (tertiary/aromatic N) is 2. The van der Waals surface area contributed by atoms with Gasteiger partial charge in [-0.2, -0.15) is 0 Å². The highest BCUT2D eigenvalue weighted by Crippen LogP contribution is 2.21. The number of nitrogens with one attached hydrogen (secondary N) is 1. The Hall–Kier alpha value is -2.40. The Morgan fingerprint density at radius 1 is 1.24 bits per heavy atom. The zero-order valence-corrected chi connectivity index (χ0v) is 15.5. The maximum absolute atomic E-state index is 12.0. The third-order valence-electron chi connectivity index (χ3n) is 4.09. The van der Waals surface area contributed by atoms with E-state index in [0.29, 0.717) is 6.54 Å². The lowest BCUT2D eigenvalue weighted by atomic mass is 10.1. The molecule has 0 aliphatic heterocycles. The first-order valence-corrected chi connectivity index (χ1v) is 9.40. The summed E-state index contributed by atoms with van der Waals surface area (Å²) in [6.45, 7) is 4.73. The van der Waals surface area contributed by atoms with Crippen molar-refractivity contribution in [3.8, 4) is 0 Å². The van der Waals surface area contributed by atoms with Crippen LogP contribution in [0.2, 0.25) is 0 Å². The molecule has 4 nitrogen and oxygen atoms in total. The van der Waals surface area contributed by atoms with Crippen LogP contribution in [0.1, 0.15) is 34.7 Å². The normalized spacial score (nSPS) is 11.4. The molecule has 0 unspecified atom stereocenters. The molecule has 25 heavy (non-hydrogen) atoms. The second kappa shape index (κ2) is 8.12. The fourth-order valence-corrected chi connectivity index (χ4v) is 3.68. The Bertz CT molecular complexity index is 877. The van der Waals surface area contributed by atoms with Crippen LogP contribution in [-0.4, -0.2) is 21.8 Å².